The van der Waals surface area contributed by atoms with Crippen LogP contribution in [0.15, 0.2) is 35.5 Å². The zero-order valence-electron chi connectivity index (χ0n) is 14.8. The number of amides is 2. The molecule has 0 bridgehead atoms. The third-order valence-corrected chi connectivity index (χ3v) is 4.95. The molecule has 1 aliphatic heterocycles. The molecular formula is C18H21N3O4. The first kappa shape index (κ1) is 17.1. The van der Waals surface area contributed by atoms with E-state index in [-0.39, 0.29) is 22.9 Å². The molecule has 2 amide bonds. The van der Waals surface area contributed by atoms with Crippen LogP contribution in [0.1, 0.15) is 38.3 Å². The number of hydrogen-bond acceptors (Lipinski definition) is 4. The Morgan fingerprint density at radius 2 is 1.88 bits per heavy atom. The van der Waals surface area contributed by atoms with E-state index in [1.54, 1.807) is 26.2 Å². The summed E-state index contributed by atoms with van der Waals surface area (Å²) in [6.07, 6.45) is 1.02. The molecule has 3 rings (SSSR count). The van der Waals surface area contributed by atoms with Gasteiger partial charge in [-0.25, -0.2) is 4.79 Å². The van der Waals surface area contributed by atoms with Gasteiger partial charge in [0.15, 0.2) is 5.78 Å². The fourth-order valence-electron chi connectivity index (χ4n) is 3.77. The molecule has 0 saturated carbocycles. The number of hydrogen-bond donors (Lipinski definition) is 0. The van der Waals surface area contributed by atoms with Crippen molar-refractivity contribution < 1.29 is 14.5 Å². The average Bonchev–Trinajstić information content (AvgIpc) is 2.53. The Morgan fingerprint density at radius 3 is 2.52 bits per heavy atom. The SMILES string of the molecule is CN1C(=O)N(C)[C@H](c2cccc([N+](=O)[O-])c2)C2=C1CC(C)(C)CC2=O. The highest BCUT2D eigenvalue weighted by Crippen LogP contribution is 2.46. The molecule has 1 aromatic rings. The number of ketones is 1. The Hall–Kier alpha value is -2.70. The van der Waals surface area contributed by atoms with Gasteiger partial charge in [0.2, 0.25) is 0 Å². The summed E-state index contributed by atoms with van der Waals surface area (Å²) < 4.78 is 0. The number of benzene rings is 1. The van der Waals surface area contributed by atoms with Crippen molar-refractivity contribution in [2.45, 2.75) is 32.7 Å². The number of non-ortho nitro benzene ring substituents is 1. The largest absolute Gasteiger partial charge is 0.324 e. The molecule has 7 nitrogen and oxygen atoms in total. The fourth-order valence-corrected chi connectivity index (χ4v) is 3.77. The standard InChI is InChI=1S/C18H21N3O4/c1-18(2)9-13-15(14(22)10-18)16(20(4)17(23)19(13)3)11-6-5-7-12(8-11)21(24)25/h5-8,16H,9-10H2,1-4H3/t16-/m1/s1. The zero-order valence-corrected chi connectivity index (χ0v) is 14.8. The zero-order chi connectivity index (χ0) is 18.5. The van der Waals surface area contributed by atoms with E-state index in [4.69, 9.17) is 0 Å². The van der Waals surface area contributed by atoms with Crippen molar-refractivity contribution in [3.63, 3.8) is 0 Å². The maximum absolute atomic E-state index is 12.9. The lowest BCUT2D eigenvalue weighted by atomic mass is 9.72. The van der Waals surface area contributed by atoms with Crippen molar-refractivity contribution >= 4 is 17.5 Å². The van der Waals surface area contributed by atoms with Crippen LogP contribution in [0.5, 0.6) is 0 Å². The number of carbonyl (C=O) groups excluding carboxylic acids is 2. The summed E-state index contributed by atoms with van der Waals surface area (Å²) in [5.74, 6) is -0.00560. The minimum absolute atomic E-state index is 0.00560. The Balaban J connectivity index is 2.19. The van der Waals surface area contributed by atoms with E-state index in [0.717, 1.165) is 5.70 Å². The van der Waals surface area contributed by atoms with Gasteiger partial charge in [-0.1, -0.05) is 26.0 Å². The van der Waals surface area contributed by atoms with E-state index in [1.165, 1.54) is 21.9 Å². The quantitative estimate of drug-likeness (QED) is 0.609. The second kappa shape index (κ2) is 5.68. The van der Waals surface area contributed by atoms with Crippen molar-refractivity contribution in [2.75, 3.05) is 14.1 Å². The number of Topliss-reactive ketones (excluding diaryl/α,β-unsaturated/α-hetero) is 1. The number of carbonyl (C=O) groups is 2. The van der Waals surface area contributed by atoms with E-state index in [1.807, 2.05) is 13.8 Å². The molecule has 0 N–H and O–H groups in total. The highest BCUT2D eigenvalue weighted by atomic mass is 16.6. The van der Waals surface area contributed by atoms with Gasteiger partial charge < -0.3 is 9.80 Å². The van der Waals surface area contributed by atoms with Crippen LogP contribution >= 0.6 is 0 Å². The molecule has 132 valence electrons. The third kappa shape index (κ3) is 2.79. The van der Waals surface area contributed by atoms with Crippen LogP contribution < -0.4 is 0 Å². The summed E-state index contributed by atoms with van der Waals surface area (Å²) in [7, 11) is 3.30. The van der Waals surface area contributed by atoms with Crippen LogP contribution in [-0.2, 0) is 4.79 Å². The summed E-state index contributed by atoms with van der Waals surface area (Å²) in [6, 6.07) is 5.34. The van der Waals surface area contributed by atoms with Crippen LogP contribution in [0.2, 0.25) is 0 Å². The number of nitro groups is 1. The molecule has 2 aliphatic rings. The molecule has 25 heavy (non-hydrogen) atoms. The van der Waals surface area contributed by atoms with Crippen molar-refractivity contribution in [1.82, 2.24) is 9.80 Å². The van der Waals surface area contributed by atoms with Gasteiger partial charge in [-0.3, -0.25) is 14.9 Å². The van der Waals surface area contributed by atoms with E-state index in [2.05, 4.69) is 0 Å². The lowest BCUT2D eigenvalue weighted by Gasteiger charge is -2.45. The second-order valence-corrected chi connectivity index (χ2v) is 7.51. The lowest BCUT2D eigenvalue weighted by Crippen LogP contribution is -2.50. The minimum atomic E-state index is -0.595. The number of nitro benzene ring substituents is 1. The molecule has 1 aliphatic carbocycles. The molecule has 0 saturated heterocycles. The monoisotopic (exact) mass is 343 g/mol. The van der Waals surface area contributed by atoms with E-state index in [0.29, 0.717) is 24.0 Å². The van der Waals surface area contributed by atoms with Crippen molar-refractivity contribution in [1.29, 1.82) is 0 Å². The molecule has 0 spiro atoms. The number of urea groups is 1. The van der Waals surface area contributed by atoms with Crippen molar-refractivity contribution in [3.05, 3.63) is 51.2 Å². The van der Waals surface area contributed by atoms with Gasteiger partial charge in [0.05, 0.1) is 11.0 Å². The molecule has 1 atom stereocenters. The number of allylic oxidation sites excluding steroid dienone is 1. The number of likely N-dealkylation sites (N-methyl/N-ethyl adjacent to an activating group) is 1. The van der Waals surface area contributed by atoms with Crippen LogP contribution in [-0.4, -0.2) is 40.6 Å². The first-order chi connectivity index (χ1) is 11.6. The van der Waals surface area contributed by atoms with Crippen LogP contribution in [0, 0.1) is 15.5 Å². The van der Waals surface area contributed by atoms with Gasteiger partial charge in [0, 0.05) is 43.9 Å². The molecule has 7 heteroatoms. The van der Waals surface area contributed by atoms with Crippen molar-refractivity contribution in [2.24, 2.45) is 5.41 Å². The summed E-state index contributed by atoms with van der Waals surface area (Å²) in [5.41, 5.74) is 1.61. The Morgan fingerprint density at radius 1 is 1.20 bits per heavy atom. The van der Waals surface area contributed by atoms with Gasteiger partial charge in [-0.05, 0) is 17.4 Å². The molecule has 1 aromatic carbocycles. The summed E-state index contributed by atoms with van der Waals surface area (Å²) in [4.78, 5) is 39.2. The van der Waals surface area contributed by atoms with Crippen LogP contribution in [0.4, 0.5) is 10.5 Å². The Labute approximate surface area is 146 Å². The maximum Gasteiger partial charge on any atom is 0.324 e. The second-order valence-electron chi connectivity index (χ2n) is 7.51. The van der Waals surface area contributed by atoms with Crippen LogP contribution in [0.25, 0.3) is 0 Å². The van der Waals surface area contributed by atoms with Gasteiger partial charge >= 0.3 is 6.03 Å². The van der Waals surface area contributed by atoms with Crippen molar-refractivity contribution in [3.8, 4) is 0 Å². The summed E-state index contributed by atoms with van der Waals surface area (Å²) in [5, 5.41) is 11.1. The Bertz CT molecular complexity index is 812. The van der Waals surface area contributed by atoms with E-state index < -0.39 is 11.0 Å². The number of nitrogens with zero attached hydrogens (tertiary/aromatic N) is 3. The molecule has 0 fully saturated rings. The topological polar surface area (TPSA) is 83.8 Å². The van der Waals surface area contributed by atoms with Gasteiger partial charge in [-0.2, -0.15) is 0 Å². The lowest BCUT2D eigenvalue weighted by molar-refractivity contribution is -0.384. The first-order valence-corrected chi connectivity index (χ1v) is 8.13. The normalized spacial score (nSPS) is 23.0. The van der Waals surface area contributed by atoms with Crippen LogP contribution in [0.3, 0.4) is 0 Å². The Kier molecular flexibility index (Phi) is 3.89. The third-order valence-electron chi connectivity index (χ3n) is 4.95. The smallest absolute Gasteiger partial charge is 0.316 e. The minimum Gasteiger partial charge on any atom is -0.316 e. The summed E-state index contributed by atoms with van der Waals surface area (Å²) >= 11 is 0. The molecular weight excluding hydrogens is 322 g/mol. The fraction of sp³-hybridized carbons (Fsp3) is 0.444. The van der Waals surface area contributed by atoms with E-state index in [9.17, 15) is 19.7 Å². The van der Waals surface area contributed by atoms with Gasteiger partial charge in [0.1, 0.15) is 0 Å². The molecule has 1 heterocycles. The first-order valence-electron chi connectivity index (χ1n) is 8.13. The average molecular weight is 343 g/mol. The predicted octanol–water partition coefficient (Wildman–Crippen LogP) is 3.28. The summed E-state index contributed by atoms with van der Waals surface area (Å²) in [6.45, 7) is 4.02. The van der Waals surface area contributed by atoms with Gasteiger partial charge in [-0.15, -0.1) is 0 Å². The molecule has 0 aromatic heterocycles. The highest BCUT2D eigenvalue weighted by molar-refractivity contribution is 6.01. The maximum atomic E-state index is 12.9. The molecule has 0 radical (unpaired) electrons. The van der Waals surface area contributed by atoms with Gasteiger partial charge in [0.25, 0.3) is 5.69 Å². The molecule has 0 unspecified atom stereocenters. The number of rotatable bonds is 2. The highest BCUT2D eigenvalue weighted by Gasteiger charge is 2.45. The van der Waals surface area contributed by atoms with E-state index >= 15 is 0 Å². The predicted molar refractivity (Wildman–Crippen MR) is 91.8 cm³/mol.